The summed E-state index contributed by atoms with van der Waals surface area (Å²) in [7, 11) is 3.48. The first-order valence-corrected chi connectivity index (χ1v) is 5.30. The number of rotatable bonds is 6. The van der Waals surface area contributed by atoms with Gasteiger partial charge in [0.05, 0.1) is 12.2 Å². The van der Waals surface area contributed by atoms with Crippen molar-refractivity contribution in [2.24, 2.45) is 5.73 Å². The standard InChI is InChI=1S/C10H22N2O2/c1-13-8(6-11)7-12-9-4-3-5-10(9)14-2/h8-10,12H,3-7,11H2,1-2H3. The molecule has 0 aliphatic heterocycles. The van der Waals surface area contributed by atoms with Crippen molar-refractivity contribution in [2.75, 3.05) is 27.3 Å². The maximum Gasteiger partial charge on any atom is 0.0817 e. The monoisotopic (exact) mass is 202 g/mol. The first kappa shape index (κ1) is 11.9. The van der Waals surface area contributed by atoms with Crippen LogP contribution in [0.4, 0.5) is 0 Å². The fraction of sp³-hybridized carbons (Fsp3) is 1.00. The van der Waals surface area contributed by atoms with E-state index in [9.17, 15) is 0 Å². The lowest BCUT2D eigenvalue weighted by Gasteiger charge is -2.22. The molecule has 1 aliphatic carbocycles. The number of hydrogen-bond acceptors (Lipinski definition) is 4. The van der Waals surface area contributed by atoms with Crippen LogP contribution in [0.2, 0.25) is 0 Å². The molecule has 3 N–H and O–H groups in total. The molecule has 1 saturated carbocycles. The van der Waals surface area contributed by atoms with Crippen LogP contribution >= 0.6 is 0 Å². The van der Waals surface area contributed by atoms with Gasteiger partial charge in [0, 0.05) is 33.4 Å². The fourth-order valence-corrected chi connectivity index (χ4v) is 1.99. The molecule has 0 aromatic rings. The minimum Gasteiger partial charge on any atom is -0.380 e. The Labute approximate surface area is 86.1 Å². The van der Waals surface area contributed by atoms with Gasteiger partial charge < -0.3 is 20.5 Å². The Morgan fingerprint density at radius 1 is 1.43 bits per heavy atom. The number of ether oxygens (including phenoxy) is 2. The van der Waals surface area contributed by atoms with Crippen LogP contribution in [0.25, 0.3) is 0 Å². The molecule has 0 aromatic carbocycles. The van der Waals surface area contributed by atoms with Crippen molar-refractivity contribution in [2.45, 2.75) is 37.5 Å². The molecule has 0 heterocycles. The van der Waals surface area contributed by atoms with Crippen LogP contribution in [-0.2, 0) is 9.47 Å². The summed E-state index contributed by atoms with van der Waals surface area (Å²) in [4.78, 5) is 0. The number of methoxy groups -OCH3 is 2. The highest BCUT2D eigenvalue weighted by Crippen LogP contribution is 2.21. The van der Waals surface area contributed by atoms with Crippen molar-refractivity contribution >= 4 is 0 Å². The molecule has 0 amide bonds. The summed E-state index contributed by atoms with van der Waals surface area (Å²) < 4.78 is 10.6. The number of nitrogens with two attached hydrogens (primary N) is 1. The third kappa shape index (κ3) is 3.20. The predicted molar refractivity (Wildman–Crippen MR) is 56.3 cm³/mol. The highest BCUT2D eigenvalue weighted by atomic mass is 16.5. The number of hydrogen-bond donors (Lipinski definition) is 2. The van der Waals surface area contributed by atoms with Gasteiger partial charge in [0.15, 0.2) is 0 Å². The molecule has 3 unspecified atom stereocenters. The van der Waals surface area contributed by atoms with Gasteiger partial charge in [0.1, 0.15) is 0 Å². The predicted octanol–water partition coefficient (Wildman–Crippen LogP) is 0.117. The number of nitrogens with one attached hydrogen (secondary N) is 1. The molecular weight excluding hydrogens is 180 g/mol. The van der Waals surface area contributed by atoms with E-state index in [2.05, 4.69) is 5.32 Å². The molecule has 0 radical (unpaired) electrons. The van der Waals surface area contributed by atoms with Gasteiger partial charge in [0.2, 0.25) is 0 Å². The van der Waals surface area contributed by atoms with Crippen molar-refractivity contribution in [3.8, 4) is 0 Å². The van der Waals surface area contributed by atoms with Gasteiger partial charge in [-0.15, -0.1) is 0 Å². The Kier molecular flexibility index (Phi) is 5.40. The Bertz CT molecular complexity index is 151. The summed E-state index contributed by atoms with van der Waals surface area (Å²) in [5, 5.41) is 3.45. The largest absolute Gasteiger partial charge is 0.380 e. The third-order valence-corrected chi connectivity index (χ3v) is 2.96. The molecule has 4 nitrogen and oxygen atoms in total. The lowest BCUT2D eigenvalue weighted by molar-refractivity contribution is 0.0693. The SMILES string of the molecule is COC(CN)CNC1CCCC1OC. The summed E-state index contributed by atoms with van der Waals surface area (Å²) in [6, 6.07) is 0.476. The van der Waals surface area contributed by atoms with E-state index in [4.69, 9.17) is 15.2 Å². The smallest absolute Gasteiger partial charge is 0.0817 e. The normalized spacial score (nSPS) is 29.4. The van der Waals surface area contributed by atoms with Crippen LogP contribution < -0.4 is 11.1 Å². The minimum absolute atomic E-state index is 0.119. The van der Waals surface area contributed by atoms with Crippen LogP contribution in [0.5, 0.6) is 0 Å². The first-order valence-electron chi connectivity index (χ1n) is 5.30. The van der Waals surface area contributed by atoms with Crippen LogP contribution in [0, 0.1) is 0 Å². The van der Waals surface area contributed by atoms with E-state index < -0.39 is 0 Å². The van der Waals surface area contributed by atoms with Crippen LogP contribution in [0.3, 0.4) is 0 Å². The molecule has 1 aliphatic rings. The topological polar surface area (TPSA) is 56.5 Å². The first-order chi connectivity index (χ1) is 6.81. The molecule has 1 fully saturated rings. The minimum atomic E-state index is 0.119. The van der Waals surface area contributed by atoms with E-state index >= 15 is 0 Å². The van der Waals surface area contributed by atoms with Crippen molar-refractivity contribution in [3.63, 3.8) is 0 Å². The van der Waals surface area contributed by atoms with Crippen molar-refractivity contribution in [1.82, 2.24) is 5.32 Å². The highest BCUT2D eigenvalue weighted by Gasteiger charge is 2.26. The van der Waals surface area contributed by atoms with Crippen molar-refractivity contribution in [1.29, 1.82) is 0 Å². The van der Waals surface area contributed by atoms with Gasteiger partial charge in [-0.25, -0.2) is 0 Å². The molecule has 1 rings (SSSR count). The van der Waals surface area contributed by atoms with Crippen LogP contribution in [0.15, 0.2) is 0 Å². The summed E-state index contributed by atoms with van der Waals surface area (Å²) in [6.45, 7) is 1.38. The zero-order chi connectivity index (χ0) is 10.4. The molecule has 0 saturated heterocycles. The maximum absolute atomic E-state index is 5.54. The summed E-state index contributed by atoms with van der Waals surface area (Å²) in [5.74, 6) is 0. The van der Waals surface area contributed by atoms with Gasteiger partial charge in [-0.1, -0.05) is 0 Å². The van der Waals surface area contributed by atoms with Crippen molar-refractivity contribution < 1.29 is 9.47 Å². The molecule has 3 atom stereocenters. The zero-order valence-corrected chi connectivity index (χ0v) is 9.16. The van der Waals surface area contributed by atoms with Crippen LogP contribution in [-0.4, -0.2) is 45.6 Å². The van der Waals surface area contributed by atoms with E-state index in [0.29, 0.717) is 18.7 Å². The fourth-order valence-electron chi connectivity index (χ4n) is 1.99. The average molecular weight is 202 g/mol. The molecule has 0 aromatic heterocycles. The lowest BCUT2D eigenvalue weighted by Crippen LogP contribution is -2.43. The highest BCUT2D eigenvalue weighted by molar-refractivity contribution is 4.84. The van der Waals surface area contributed by atoms with E-state index in [1.807, 2.05) is 0 Å². The second-order valence-corrected chi connectivity index (χ2v) is 3.81. The second kappa shape index (κ2) is 6.35. The molecule has 4 heteroatoms. The van der Waals surface area contributed by atoms with E-state index in [1.54, 1.807) is 14.2 Å². The summed E-state index contributed by atoms with van der Waals surface area (Å²) in [5.41, 5.74) is 5.54. The van der Waals surface area contributed by atoms with E-state index in [1.165, 1.54) is 12.8 Å². The van der Waals surface area contributed by atoms with E-state index in [-0.39, 0.29) is 6.10 Å². The average Bonchev–Trinajstić information content (AvgIpc) is 2.67. The van der Waals surface area contributed by atoms with Gasteiger partial charge in [-0.2, -0.15) is 0 Å². The Balaban J connectivity index is 2.22. The summed E-state index contributed by atoms with van der Waals surface area (Å²) >= 11 is 0. The Morgan fingerprint density at radius 3 is 2.79 bits per heavy atom. The molecular formula is C10H22N2O2. The molecule has 0 spiro atoms. The van der Waals surface area contributed by atoms with Gasteiger partial charge in [0.25, 0.3) is 0 Å². The van der Waals surface area contributed by atoms with Gasteiger partial charge in [-0.3, -0.25) is 0 Å². The van der Waals surface area contributed by atoms with E-state index in [0.717, 1.165) is 13.0 Å². The zero-order valence-electron chi connectivity index (χ0n) is 9.16. The Morgan fingerprint density at radius 2 is 2.21 bits per heavy atom. The summed E-state index contributed by atoms with van der Waals surface area (Å²) in [6.07, 6.45) is 4.09. The molecule has 0 bridgehead atoms. The maximum atomic E-state index is 5.54. The van der Waals surface area contributed by atoms with Gasteiger partial charge >= 0.3 is 0 Å². The third-order valence-electron chi connectivity index (χ3n) is 2.96. The lowest BCUT2D eigenvalue weighted by atomic mass is 10.2. The van der Waals surface area contributed by atoms with Crippen LogP contribution in [0.1, 0.15) is 19.3 Å². The molecule has 14 heavy (non-hydrogen) atoms. The van der Waals surface area contributed by atoms with Gasteiger partial charge in [-0.05, 0) is 19.3 Å². The van der Waals surface area contributed by atoms with Crippen molar-refractivity contribution in [3.05, 3.63) is 0 Å². The molecule has 84 valence electrons. The quantitative estimate of drug-likeness (QED) is 0.642. The Hall–Kier alpha value is -0.160. The second-order valence-electron chi connectivity index (χ2n) is 3.81.